The maximum Gasteiger partial charge on any atom is 0.326 e. The van der Waals surface area contributed by atoms with Crippen LogP contribution in [0.25, 0.3) is 0 Å². The van der Waals surface area contributed by atoms with E-state index in [-0.39, 0.29) is 90.0 Å². The average Bonchev–Trinajstić information content (AvgIpc) is 3.69. The van der Waals surface area contributed by atoms with Gasteiger partial charge in [0.05, 0.1) is 18.8 Å². The molecule has 0 radical (unpaired) electrons. The summed E-state index contributed by atoms with van der Waals surface area (Å²) in [6, 6.07) is -11.5. The van der Waals surface area contributed by atoms with Gasteiger partial charge in [0.1, 0.15) is 54.4 Å². The Bertz CT molecular complexity index is 1900. The fourth-order valence-electron chi connectivity index (χ4n) is 7.96. The quantitative estimate of drug-likeness (QED) is 0.0257. The Balaban J connectivity index is 1.38. The van der Waals surface area contributed by atoms with Gasteiger partial charge in [-0.15, -0.1) is 0 Å². The summed E-state index contributed by atoms with van der Waals surface area (Å²) in [5.74, 6) is -8.57. The van der Waals surface area contributed by atoms with Crippen molar-refractivity contribution >= 4 is 65.1 Å². The lowest BCUT2D eigenvalue weighted by Gasteiger charge is -2.50. The molecule has 0 aliphatic carbocycles. The van der Waals surface area contributed by atoms with E-state index < -0.39 is 132 Å². The molecule has 4 rings (SSSR count). The van der Waals surface area contributed by atoms with Gasteiger partial charge in [-0.1, -0.05) is 0 Å². The van der Waals surface area contributed by atoms with Crippen LogP contribution < -0.4 is 44.2 Å². The van der Waals surface area contributed by atoms with Crippen molar-refractivity contribution in [3.05, 3.63) is 0 Å². The zero-order valence-electron chi connectivity index (χ0n) is 36.9. The topological polar surface area (TPSA) is 429 Å². The van der Waals surface area contributed by atoms with Gasteiger partial charge in [0.2, 0.25) is 53.2 Å². The summed E-state index contributed by atoms with van der Waals surface area (Å²) in [5.41, 5.74) is 21.8. The van der Waals surface area contributed by atoms with Crippen LogP contribution in [0.1, 0.15) is 71.6 Å². The van der Waals surface area contributed by atoms with Gasteiger partial charge in [-0.2, -0.15) is 0 Å². The van der Waals surface area contributed by atoms with Gasteiger partial charge >= 0.3 is 5.97 Å². The summed E-state index contributed by atoms with van der Waals surface area (Å²) in [6.45, 7) is 2.23. The number of aliphatic hydroxyl groups is 3. The monoisotopic (exact) mass is 937 g/mol. The van der Waals surface area contributed by atoms with Crippen molar-refractivity contribution in [2.45, 2.75) is 138 Å². The highest BCUT2D eigenvalue weighted by atomic mass is 16.4. The molecular formula is C39H63N13O14. The second-order valence-corrected chi connectivity index (χ2v) is 16.8. The summed E-state index contributed by atoms with van der Waals surface area (Å²) in [5, 5.41) is 49.4. The van der Waals surface area contributed by atoms with Gasteiger partial charge in [0.25, 0.3) is 0 Å². The molecule has 9 amide bonds. The van der Waals surface area contributed by atoms with Crippen molar-refractivity contribution in [3.8, 4) is 0 Å². The third kappa shape index (κ3) is 12.8. The molecular weight excluding hydrogens is 875 g/mol. The molecule has 66 heavy (non-hydrogen) atoms. The Morgan fingerprint density at radius 3 is 1.64 bits per heavy atom. The second-order valence-electron chi connectivity index (χ2n) is 16.8. The van der Waals surface area contributed by atoms with E-state index in [0.29, 0.717) is 6.42 Å². The Labute approximate surface area is 379 Å². The molecule has 4 saturated heterocycles. The van der Waals surface area contributed by atoms with Crippen molar-refractivity contribution in [1.82, 2.24) is 40.9 Å². The number of primary amides is 1. The number of rotatable bonds is 23. The van der Waals surface area contributed by atoms with Crippen LogP contribution in [0.3, 0.4) is 0 Å². The highest BCUT2D eigenvalue weighted by Crippen LogP contribution is 2.30. The van der Waals surface area contributed by atoms with Crippen LogP contribution in [0.5, 0.6) is 0 Å². The minimum Gasteiger partial charge on any atom is -0.480 e. The summed E-state index contributed by atoms with van der Waals surface area (Å²) in [4.78, 5) is 139. The SMILES string of the molecule is C[C@@H](O)[C@H](N)C(=O)N1CCC[C@H]1C(=O)N[C@@H](CCCN=C(N)N)C(=O)N[C@H](C(=O)N1CCC1C(=O)N1CCC1C(=O)N1CCC1C(=O)N[C@@H](CO)C(=O)N[C@@H](CCC(N)=O)C(=O)O)[C@@H](C)O. The lowest BCUT2D eigenvalue weighted by Crippen LogP contribution is -2.70. The number of amides is 9. The number of nitrogens with zero attached hydrogens (tertiary/aromatic N) is 5. The van der Waals surface area contributed by atoms with E-state index in [2.05, 4.69) is 26.3 Å². The van der Waals surface area contributed by atoms with E-state index in [9.17, 15) is 68.4 Å². The summed E-state index contributed by atoms with van der Waals surface area (Å²) < 4.78 is 0. The molecule has 3 unspecified atom stereocenters. The second kappa shape index (κ2) is 23.3. The van der Waals surface area contributed by atoms with Crippen LogP contribution in [0.4, 0.5) is 0 Å². The van der Waals surface area contributed by atoms with Crippen molar-refractivity contribution in [1.29, 1.82) is 0 Å². The Morgan fingerprint density at radius 2 is 1.15 bits per heavy atom. The minimum absolute atomic E-state index is 0.0398. The number of carbonyl (C=O) groups excluding carboxylic acids is 9. The number of hydrogen-bond donors (Lipinski definition) is 12. The van der Waals surface area contributed by atoms with Crippen molar-refractivity contribution in [2.75, 3.05) is 39.3 Å². The number of nitrogens with two attached hydrogens (primary N) is 4. The molecule has 368 valence electrons. The van der Waals surface area contributed by atoms with E-state index in [1.165, 1.54) is 28.5 Å². The van der Waals surface area contributed by atoms with Crippen molar-refractivity contribution in [2.24, 2.45) is 27.9 Å². The molecule has 4 fully saturated rings. The van der Waals surface area contributed by atoms with Gasteiger partial charge in [-0.05, 0) is 65.2 Å². The number of guanidine groups is 1. The lowest BCUT2D eigenvalue weighted by atomic mass is 9.92. The van der Waals surface area contributed by atoms with E-state index in [0.717, 1.165) is 4.90 Å². The first-order valence-electron chi connectivity index (χ1n) is 21.8. The van der Waals surface area contributed by atoms with Gasteiger partial charge in [0, 0.05) is 39.1 Å². The number of aliphatic hydroxyl groups excluding tert-OH is 3. The summed E-state index contributed by atoms with van der Waals surface area (Å²) in [6.07, 6.45) is -1.96. The maximum absolute atomic E-state index is 13.9. The smallest absolute Gasteiger partial charge is 0.326 e. The first-order chi connectivity index (χ1) is 31.1. The number of likely N-dealkylation sites (tertiary alicyclic amines) is 4. The first kappa shape index (κ1) is 52.4. The molecule has 4 heterocycles. The predicted octanol–water partition coefficient (Wildman–Crippen LogP) is -7.80. The van der Waals surface area contributed by atoms with Crippen LogP contribution in [0.15, 0.2) is 4.99 Å². The van der Waals surface area contributed by atoms with E-state index in [1.54, 1.807) is 0 Å². The zero-order chi connectivity index (χ0) is 49.2. The first-order valence-corrected chi connectivity index (χ1v) is 21.8. The molecule has 11 atom stereocenters. The molecule has 0 aromatic heterocycles. The van der Waals surface area contributed by atoms with Crippen LogP contribution in [-0.2, 0) is 47.9 Å². The Kier molecular flexibility index (Phi) is 18.5. The molecule has 4 aliphatic rings. The Hall–Kier alpha value is -6.19. The lowest BCUT2D eigenvalue weighted by molar-refractivity contribution is -0.168. The zero-order valence-corrected chi connectivity index (χ0v) is 36.9. The van der Waals surface area contributed by atoms with E-state index >= 15 is 0 Å². The van der Waals surface area contributed by atoms with Crippen molar-refractivity contribution < 1.29 is 68.4 Å². The number of carbonyl (C=O) groups is 10. The van der Waals surface area contributed by atoms with Gasteiger partial charge < -0.3 is 84.2 Å². The normalized spacial score (nSPS) is 23.1. The number of aliphatic imine (C=N–C) groups is 1. The fraction of sp³-hybridized carbons (Fsp3) is 0.718. The molecule has 0 aromatic carbocycles. The van der Waals surface area contributed by atoms with E-state index in [4.69, 9.17) is 22.9 Å². The molecule has 27 nitrogen and oxygen atoms in total. The van der Waals surface area contributed by atoms with E-state index in [1.807, 2.05) is 0 Å². The highest BCUT2D eigenvalue weighted by molar-refractivity contribution is 6.00. The average molecular weight is 938 g/mol. The van der Waals surface area contributed by atoms with Gasteiger partial charge in [-0.25, -0.2) is 4.79 Å². The number of nitrogens with one attached hydrogen (secondary N) is 4. The third-order valence-electron chi connectivity index (χ3n) is 12.2. The number of hydrogen-bond acceptors (Lipinski definition) is 15. The number of carboxylic acids is 1. The standard InChI is InChI=1S/C39H63N13O14/c1-18(54)28(41)36(63)49-13-4-6-23(49)32(59)45-20(5-3-12-44-39(42)43)30(57)48-29(19(2)55)37(64)52-16-11-26(52)35(62)51-15-10-25(51)34(61)50-14-9-24(50)33(60)47-22(17-53)31(58)46-21(38(65)66)7-8-27(40)56/h18-26,28-29,53-55H,3-17,41H2,1-2H3,(H2,40,56)(H,45,59)(H,46,58)(H,47,60)(H,48,57)(H,65,66)(H4,42,43,44)/t18-,19-,20+,21+,22+,23+,24?,25?,26?,28+,29+/m1/s1. The van der Waals surface area contributed by atoms with Gasteiger partial charge in [-0.3, -0.25) is 48.1 Å². The third-order valence-corrected chi connectivity index (χ3v) is 12.2. The summed E-state index contributed by atoms with van der Waals surface area (Å²) in [7, 11) is 0. The van der Waals surface area contributed by atoms with Crippen LogP contribution in [0.2, 0.25) is 0 Å². The highest BCUT2D eigenvalue weighted by Gasteiger charge is 2.51. The molecule has 0 spiro atoms. The van der Waals surface area contributed by atoms with Crippen LogP contribution in [0, 0.1) is 0 Å². The largest absolute Gasteiger partial charge is 0.480 e. The molecule has 0 aromatic rings. The van der Waals surface area contributed by atoms with Gasteiger partial charge in [0.15, 0.2) is 5.96 Å². The molecule has 16 N–H and O–H groups in total. The fourth-order valence-corrected chi connectivity index (χ4v) is 7.96. The number of aliphatic carboxylic acids is 1. The van der Waals surface area contributed by atoms with Crippen molar-refractivity contribution in [3.63, 3.8) is 0 Å². The summed E-state index contributed by atoms with van der Waals surface area (Å²) >= 11 is 0. The van der Waals surface area contributed by atoms with Crippen LogP contribution >= 0.6 is 0 Å². The minimum atomic E-state index is -1.60. The number of carboxylic acid groups (broad SMARTS) is 1. The predicted molar refractivity (Wildman–Crippen MR) is 227 cm³/mol. The molecule has 0 saturated carbocycles. The maximum atomic E-state index is 13.9. The van der Waals surface area contributed by atoms with Crippen LogP contribution in [-0.4, -0.2) is 211 Å². The molecule has 27 heteroatoms. The molecule has 0 bridgehead atoms. The molecule has 4 aliphatic heterocycles. The Morgan fingerprint density at radius 1 is 0.636 bits per heavy atom.